The van der Waals surface area contributed by atoms with Crippen LogP contribution in [0, 0.1) is 0 Å². The number of aromatic nitrogens is 2. The van der Waals surface area contributed by atoms with Gasteiger partial charge in [-0.1, -0.05) is 146 Å². The first-order valence-corrected chi connectivity index (χ1v) is 17.7. The fraction of sp³-hybridized carbons (Fsp3) is 0. The molecule has 242 valence electrons. The molecule has 0 radical (unpaired) electrons. The monoisotopic (exact) mass is 662 g/mol. The standard InChI is InChI=1S/C49H30N2O/c1-3-12-31(13-4-1)35-24-26-40-41(29-35)47(39-19-10-9-18-38(39)46(40)36-23-22-32-14-7-8-17-34(32)28-36)37-25-27-43-45(30-37)52-44-21-11-20-42-48(44)51(43)49(50-42)33-15-5-2-6-16-33/h1-30H. The Hall–Kier alpha value is -6.97. The minimum absolute atomic E-state index is 0.808. The first-order chi connectivity index (χ1) is 25.8. The van der Waals surface area contributed by atoms with Crippen molar-refractivity contribution in [2.75, 3.05) is 0 Å². The van der Waals surface area contributed by atoms with Gasteiger partial charge in [0.25, 0.3) is 0 Å². The van der Waals surface area contributed by atoms with Crippen LogP contribution in [0.2, 0.25) is 0 Å². The van der Waals surface area contributed by atoms with Gasteiger partial charge in [-0.15, -0.1) is 0 Å². The van der Waals surface area contributed by atoms with Gasteiger partial charge in [-0.05, 0) is 102 Å². The van der Waals surface area contributed by atoms with Crippen LogP contribution in [0.4, 0.5) is 0 Å². The molecule has 3 heteroatoms. The Bertz CT molecular complexity index is 3030. The lowest BCUT2D eigenvalue weighted by Gasteiger charge is -2.23. The molecule has 0 fully saturated rings. The van der Waals surface area contributed by atoms with Crippen LogP contribution in [0.3, 0.4) is 0 Å². The summed E-state index contributed by atoms with van der Waals surface area (Å²) in [5.41, 5.74) is 11.1. The second kappa shape index (κ2) is 11.3. The van der Waals surface area contributed by atoms with Crippen molar-refractivity contribution in [3.05, 3.63) is 182 Å². The van der Waals surface area contributed by atoms with E-state index in [-0.39, 0.29) is 0 Å². The van der Waals surface area contributed by atoms with Gasteiger partial charge in [0, 0.05) is 5.56 Å². The highest BCUT2D eigenvalue weighted by Gasteiger charge is 2.26. The smallest absolute Gasteiger partial charge is 0.153 e. The first kappa shape index (κ1) is 28.8. The van der Waals surface area contributed by atoms with Crippen molar-refractivity contribution < 1.29 is 4.74 Å². The molecule has 1 aromatic heterocycles. The van der Waals surface area contributed by atoms with Crippen molar-refractivity contribution in [1.82, 2.24) is 9.55 Å². The van der Waals surface area contributed by atoms with Crippen LogP contribution in [0.15, 0.2) is 182 Å². The second-order valence-corrected chi connectivity index (χ2v) is 13.5. The fourth-order valence-corrected chi connectivity index (χ4v) is 8.20. The fourth-order valence-electron chi connectivity index (χ4n) is 8.20. The van der Waals surface area contributed by atoms with Gasteiger partial charge in [0.1, 0.15) is 11.3 Å². The van der Waals surface area contributed by atoms with E-state index < -0.39 is 0 Å². The highest BCUT2D eigenvalue weighted by molar-refractivity contribution is 6.22. The molecule has 10 aromatic rings. The van der Waals surface area contributed by atoms with E-state index in [1.54, 1.807) is 0 Å². The molecule has 0 spiro atoms. The number of imidazole rings is 1. The maximum absolute atomic E-state index is 6.75. The van der Waals surface area contributed by atoms with Crippen LogP contribution in [0.25, 0.3) is 93.8 Å². The molecule has 0 bridgehead atoms. The summed E-state index contributed by atoms with van der Waals surface area (Å²) >= 11 is 0. The number of fused-ring (bicyclic) bond motifs is 5. The van der Waals surface area contributed by atoms with Gasteiger partial charge in [-0.2, -0.15) is 0 Å². The summed E-state index contributed by atoms with van der Waals surface area (Å²) in [7, 11) is 0. The predicted octanol–water partition coefficient (Wildman–Crippen LogP) is 13.3. The van der Waals surface area contributed by atoms with Crippen molar-refractivity contribution in [2.24, 2.45) is 0 Å². The molecule has 0 saturated carbocycles. The van der Waals surface area contributed by atoms with Crippen LogP contribution in [-0.2, 0) is 0 Å². The van der Waals surface area contributed by atoms with Crippen molar-refractivity contribution >= 4 is 43.4 Å². The van der Waals surface area contributed by atoms with E-state index in [0.29, 0.717) is 0 Å². The van der Waals surface area contributed by atoms with Crippen LogP contribution in [-0.4, -0.2) is 9.55 Å². The molecule has 3 nitrogen and oxygen atoms in total. The summed E-state index contributed by atoms with van der Waals surface area (Å²) in [5.74, 6) is 2.52. The van der Waals surface area contributed by atoms with Gasteiger partial charge in [-0.25, -0.2) is 4.98 Å². The van der Waals surface area contributed by atoms with E-state index in [0.717, 1.165) is 45.2 Å². The number of benzene rings is 9. The van der Waals surface area contributed by atoms with Crippen LogP contribution in [0.1, 0.15) is 0 Å². The number of nitrogens with zero attached hydrogens (tertiary/aromatic N) is 2. The van der Waals surface area contributed by atoms with E-state index in [9.17, 15) is 0 Å². The molecule has 52 heavy (non-hydrogen) atoms. The molecule has 1 aliphatic heterocycles. The molecule has 0 unspecified atom stereocenters. The van der Waals surface area contributed by atoms with E-state index >= 15 is 0 Å². The zero-order valence-electron chi connectivity index (χ0n) is 28.1. The molecular weight excluding hydrogens is 633 g/mol. The topological polar surface area (TPSA) is 27.1 Å². The van der Waals surface area contributed by atoms with Crippen molar-refractivity contribution in [1.29, 1.82) is 0 Å². The van der Waals surface area contributed by atoms with E-state index in [2.05, 4.69) is 168 Å². The highest BCUT2D eigenvalue weighted by Crippen LogP contribution is 2.49. The number of rotatable bonds is 4. The SMILES string of the molecule is c1ccc(-c2ccc3c(-c4ccc5ccccc5c4)c4ccccc4c(-c4ccc5c(c4)Oc4cccc6nc(-c7ccccc7)n-5c46)c3c2)cc1. The Kier molecular flexibility index (Phi) is 6.25. The Balaban J connectivity index is 1.20. The molecule has 0 aliphatic carbocycles. The Morgan fingerprint density at radius 2 is 1.02 bits per heavy atom. The third-order valence-electron chi connectivity index (χ3n) is 10.6. The summed E-state index contributed by atoms with van der Waals surface area (Å²) in [6.45, 7) is 0. The van der Waals surface area contributed by atoms with Crippen LogP contribution in [0.5, 0.6) is 11.5 Å². The van der Waals surface area contributed by atoms with E-state index in [1.165, 1.54) is 60.1 Å². The molecule has 0 amide bonds. The third-order valence-corrected chi connectivity index (χ3v) is 10.6. The molecule has 9 aromatic carbocycles. The molecular formula is C49H30N2O. The molecule has 2 heterocycles. The number of hydrogen-bond donors (Lipinski definition) is 0. The van der Waals surface area contributed by atoms with Gasteiger partial charge in [0.15, 0.2) is 11.5 Å². The third kappa shape index (κ3) is 4.36. The van der Waals surface area contributed by atoms with Gasteiger partial charge in [0.05, 0.1) is 11.2 Å². The normalized spacial score (nSPS) is 12.0. The zero-order valence-corrected chi connectivity index (χ0v) is 28.1. The highest BCUT2D eigenvalue weighted by atomic mass is 16.5. The van der Waals surface area contributed by atoms with Crippen molar-refractivity contribution in [2.45, 2.75) is 0 Å². The number of para-hydroxylation sites is 1. The largest absolute Gasteiger partial charge is 0.453 e. The summed E-state index contributed by atoms with van der Waals surface area (Å²) < 4.78 is 9.01. The summed E-state index contributed by atoms with van der Waals surface area (Å²) in [4.78, 5) is 5.09. The van der Waals surface area contributed by atoms with Crippen LogP contribution >= 0.6 is 0 Å². The van der Waals surface area contributed by atoms with E-state index in [4.69, 9.17) is 9.72 Å². The molecule has 0 saturated heterocycles. The Morgan fingerprint density at radius 1 is 0.385 bits per heavy atom. The summed E-state index contributed by atoms with van der Waals surface area (Å²) in [6.07, 6.45) is 0. The number of hydrogen-bond acceptors (Lipinski definition) is 2. The molecule has 0 atom stereocenters. The second-order valence-electron chi connectivity index (χ2n) is 13.5. The lowest BCUT2D eigenvalue weighted by Crippen LogP contribution is -2.06. The van der Waals surface area contributed by atoms with Gasteiger partial charge >= 0.3 is 0 Å². The minimum Gasteiger partial charge on any atom is -0.453 e. The summed E-state index contributed by atoms with van der Waals surface area (Å²) in [5, 5.41) is 7.32. The number of ether oxygens (including phenoxy) is 1. The quantitative estimate of drug-likeness (QED) is 0.175. The first-order valence-electron chi connectivity index (χ1n) is 17.7. The maximum Gasteiger partial charge on any atom is 0.153 e. The van der Waals surface area contributed by atoms with E-state index in [1.807, 2.05) is 18.2 Å². The van der Waals surface area contributed by atoms with Gasteiger partial charge < -0.3 is 4.74 Å². The average molecular weight is 663 g/mol. The predicted molar refractivity (Wildman–Crippen MR) is 215 cm³/mol. The molecule has 11 rings (SSSR count). The lowest BCUT2D eigenvalue weighted by molar-refractivity contribution is 0.476. The average Bonchev–Trinajstić information content (AvgIpc) is 3.61. The Morgan fingerprint density at radius 3 is 1.83 bits per heavy atom. The zero-order chi connectivity index (χ0) is 34.2. The minimum atomic E-state index is 0.808. The molecule has 1 aliphatic rings. The van der Waals surface area contributed by atoms with Crippen LogP contribution < -0.4 is 4.74 Å². The Labute approximate surface area is 300 Å². The summed E-state index contributed by atoms with van der Waals surface area (Å²) in [6, 6.07) is 65.1. The molecule has 0 N–H and O–H groups in total. The van der Waals surface area contributed by atoms with Gasteiger partial charge in [0.2, 0.25) is 0 Å². The maximum atomic E-state index is 6.75. The lowest BCUT2D eigenvalue weighted by atomic mass is 9.84. The van der Waals surface area contributed by atoms with Crippen molar-refractivity contribution in [3.8, 4) is 62.0 Å². The van der Waals surface area contributed by atoms with Gasteiger partial charge in [-0.3, -0.25) is 4.57 Å². The van der Waals surface area contributed by atoms with Crippen molar-refractivity contribution in [3.63, 3.8) is 0 Å².